The van der Waals surface area contributed by atoms with Gasteiger partial charge in [-0.3, -0.25) is 0 Å². The van der Waals surface area contributed by atoms with Crippen LogP contribution in [0.5, 0.6) is 0 Å². The molecule has 1 aromatic carbocycles. The fourth-order valence-corrected chi connectivity index (χ4v) is 2.51. The van der Waals surface area contributed by atoms with Crippen molar-refractivity contribution in [1.82, 2.24) is 4.98 Å². The van der Waals surface area contributed by atoms with Crippen LogP contribution in [0.4, 0.5) is 5.82 Å². The molecule has 0 amide bonds. The van der Waals surface area contributed by atoms with Gasteiger partial charge in [0.05, 0.1) is 20.1 Å². The van der Waals surface area contributed by atoms with Gasteiger partial charge in [-0.2, -0.15) is 0 Å². The van der Waals surface area contributed by atoms with Crippen LogP contribution in [-0.2, 0) is 0 Å². The maximum Gasteiger partial charge on any atom is 0.123 e. The molecule has 0 aliphatic rings. The first-order valence-electron chi connectivity index (χ1n) is 4.55. The smallest absolute Gasteiger partial charge is 0.123 e. The summed E-state index contributed by atoms with van der Waals surface area (Å²) in [5, 5.41) is 1.30. The summed E-state index contributed by atoms with van der Waals surface area (Å²) < 4.78 is 0. The summed E-state index contributed by atoms with van der Waals surface area (Å²) >= 11 is 24.0. The molecule has 0 aliphatic carbocycles. The lowest BCUT2D eigenvalue weighted by atomic mass is 10.1. The molecule has 0 bridgehead atoms. The molecule has 2 aromatic rings. The van der Waals surface area contributed by atoms with Crippen molar-refractivity contribution in [1.29, 1.82) is 0 Å². The van der Waals surface area contributed by atoms with Crippen LogP contribution in [0.3, 0.4) is 0 Å². The van der Waals surface area contributed by atoms with Gasteiger partial charge in [-0.05, 0) is 18.2 Å². The number of pyridine rings is 1. The Bertz CT molecular complexity index is 567. The quantitative estimate of drug-likeness (QED) is 0.598. The minimum Gasteiger partial charge on any atom is -0.384 e. The van der Waals surface area contributed by atoms with E-state index in [1.165, 1.54) is 0 Å². The van der Waals surface area contributed by atoms with E-state index in [0.29, 0.717) is 26.4 Å². The Morgan fingerprint density at radius 1 is 0.941 bits per heavy atom. The number of aromatic nitrogens is 1. The fourth-order valence-electron chi connectivity index (χ4n) is 1.38. The predicted molar refractivity (Wildman–Crippen MR) is 74.1 cm³/mol. The first kappa shape index (κ1) is 12.8. The number of anilines is 1. The summed E-state index contributed by atoms with van der Waals surface area (Å²) in [4.78, 5) is 3.97. The standard InChI is InChI=1S/C11H6Cl4N2/c12-6-3-7(13)10(14)11(15)9(6)5-1-2-8(16)17-4-5/h1-4H,(H2,16,17). The molecule has 17 heavy (non-hydrogen) atoms. The number of rotatable bonds is 1. The van der Waals surface area contributed by atoms with E-state index in [1.807, 2.05) is 0 Å². The maximum absolute atomic E-state index is 6.12. The summed E-state index contributed by atoms with van der Waals surface area (Å²) in [6, 6.07) is 4.97. The minimum atomic E-state index is 0.268. The van der Waals surface area contributed by atoms with Gasteiger partial charge in [-0.15, -0.1) is 0 Å². The third kappa shape index (κ3) is 2.45. The molecule has 2 rings (SSSR count). The van der Waals surface area contributed by atoms with E-state index in [-0.39, 0.29) is 5.02 Å². The van der Waals surface area contributed by atoms with Crippen molar-refractivity contribution in [2.24, 2.45) is 0 Å². The second kappa shape index (κ2) is 4.91. The molecule has 2 N–H and O–H groups in total. The van der Waals surface area contributed by atoms with Crippen LogP contribution in [-0.4, -0.2) is 4.98 Å². The number of nitrogens with zero attached hydrogens (tertiary/aromatic N) is 1. The molecule has 0 spiro atoms. The van der Waals surface area contributed by atoms with Crippen molar-refractivity contribution in [2.75, 3.05) is 5.73 Å². The van der Waals surface area contributed by atoms with Crippen molar-refractivity contribution in [3.8, 4) is 11.1 Å². The Morgan fingerprint density at radius 3 is 2.24 bits per heavy atom. The molecule has 0 aliphatic heterocycles. The fraction of sp³-hybridized carbons (Fsp3) is 0. The first-order chi connectivity index (χ1) is 8.00. The van der Waals surface area contributed by atoms with E-state index < -0.39 is 0 Å². The van der Waals surface area contributed by atoms with Gasteiger partial charge >= 0.3 is 0 Å². The van der Waals surface area contributed by atoms with Gasteiger partial charge in [0.25, 0.3) is 0 Å². The van der Waals surface area contributed by atoms with Gasteiger partial charge in [-0.1, -0.05) is 46.4 Å². The van der Waals surface area contributed by atoms with E-state index in [0.717, 1.165) is 5.56 Å². The van der Waals surface area contributed by atoms with Crippen molar-refractivity contribution in [2.45, 2.75) is 0 Å². The van der Waals surface area contributed by atoms with E-state index in [9.17, 15) is 0 Å². The van der Waals surface area contributed by atoms with Crippen molar-refractivity contribution in [3.05, 3.63) is 44.5 Å². The summed E-state index contributed by atoms with van der Waals surface area (Å²) in [5.74, 6) is 0.418. The highest BCUT2D eigenvalue weighted by Crippen LogP contribution is 2.42. The largest absolute Gasteiger partial charge is 0.384 e. The number of halogens is 4. The van der Waals surface area contributed by atoms with Crippen LogP contribution in [0.15, 0.2) is 24.4 Å². The zero-order chi connectivity index (χ0) is 12.6. The van der Waals surface area contributed by atoms with Crippen LogP contribution >= 0.6 is 46.4 Å². The molecule has 1 aromatic heterocycles. The molecule has 0 atom stereocenters. The van der Waals surface area contributed by atoms with Crippen LogP contribution in [0.1, 0.15) is 0 Å². The molecule has 6 heteroatoms. The first-order valence-corrected chi connectivity index (χ1v) is 6.06. The lowest BCUT2D eigenvalue weighted by molar-refractivity contribution is 1.34. The SMILES string of the molecule is Nc1ccc(-c2c(Cl)cc(Cl)c(Cl)c2Cl)cn1. The van der Waals surface area contributed by atoms with Crippen LogP contribution < -0.4 is 5.73 Å². The summed E-state index contributed by atoms with van der Waals surface area (Å²) in [6.07, 6.45) is 1.58. The molecule has 0 unspecified atom stereocenters. The highest BCUT2D eigenvalue weighted by Gasteiger charge is 2.15. The van der Waals surface area contributed by atoms with E-state index in [4.69, 9.17) is 52.1 Å². The van der Waals surface area contributed by atoms with Crippen LogP contribution in [0, 0.1) is 0 Å². The zero-order valence-electron chi connectivity index (χ0n) is 8.35. The van der Waals surface area contributed by atoms with Crippen LogP contribution in [0.25, 0.3) is 11.1 Å². The highest BCUT2D eigenvalue weighted by molar-refractivity contribution is 6.51. The predicted octanol–water partition coefficient (Wildman–Crippen LogP) is 4.94. The number of hydrogen-bond acceptors (Lipinski definition) is 2. The normalized spacial score (nSPS) is 10.6. The molecular formula is C11H6Cl4N2. The van der Waals surface area contributed by atoms with Crippen LogP contribution in [0.2, 0.25) is 20.1 Å². The molecule has 0 fully saturated rings. The number of benzene rings is 1. The molecule has 0 saturated carbocycles. The molecule has 0 saturated heterocycles. The average molecular weight is 308 g/mol. The average Bonchev–Trinajstić information content (AvgIpc) is 2.29. The van der Waals surface area contributed by atoms with E-state index >= 15 is 0 Å². The van der Waals surface area contributed by atoms with Gasteiger partial charge in [0.1, 0.15) is 5.82 Å². The van der Waals surface area contributed by atoms with E-state index in [2.05, 4.69) is 4.98 Å². The third-order valence-electron chi connectivity index (χ3n) is 2.19. The Balaban J connectivity index is 2.67. The van der Waals surface area contributed by atoms with Gasteiger partial charge in [0.2, 0.25) is 0 Å². The number of hydrogen-bond donors (Lipinski definition) is 1. The minimum absolute atomic E-state index is 0.268. The Labute approximate surface area is 118 Å². The number of nitrogens with two attached hydrogens (primary N) is 1. The summed E-state index contributed by atoms with van der Waals surface area (Å²) in [7, 11) is 0. The van der Waals surface area contributed by atoms with Gasteiger partial charge in [-0.25, -0.2) is 4.98 Å². The summed E-state index contributed by atoms with van der Waals surface area (Å²) in [6.45, 7) is 0. The van der Waals surface area contributed by atoms with Crippen molar-refractivity contribution in [3.63, 3.8) is 0 Å². The topological polar surface area (TPSA) is 38.9 Å². The third-order valence-corrected chi connectivity index (χ3v) is 3.75. The molecule has 0 radical (unpaired) electrons. The molecule has 88 valence electrons. The Morgan fingerprint density at radius 2 is 1.65 bits per heavy atom. The van der Waals surface area contributed by atoms with Gasteiger partial charge < -0.3 is 5.73 Å². The lowest BCUT2D eigenvalue weighted by Crippen LogP contribution is -1.90. The maximum atomic E-state index is 6.12. The second-order valence-corrected chi connectivity index (χ2v) is 4.89. The molecule has 2 nitrogen and oxygen atoms in total. The number of nitrogen functional groups attached to an aromatic ring is 1. The second-order valence-electron chi connectivity index (χ2n) is 3.31. The highest BCUT2D eigenvalue weighted by atomic mass is 35.5. The van der Waals surface area contributed by atoms with E-state index in [1.54, 1.807) is 24.4 Å². The Hall–Kier alpha value is -0.670. The van der Waals surface area contributed by atoms with Crippen molar-refractivity contribution < 1.29 is 0 Å². The summed E-state index contributed by atoms with van der Waals surface area (Å²) in [5.41, 5.74) is 6.83. The van der Waals surface area contributed by atoms with Crippen molar-refractivity contribution >= 4 is 52.2 Å². The molecule has 1 heterocycles. The van der Waals surface area contributed by atoms with Gasteiger partial charge in [0, 0.05) is 17.3 Å². The van der Waals surface area contributed by atoms with Gasteiger partial charge in [0.15, 0.2) is 0 Å². The zero-order valence-corrected chi connectivity index (χ0v) is 11.4. The molecular weight excluding hydrogens is 302 g/mol. The monoisotopic (exact) mass is 306 g/mol. The Kier molecular flexibility index (Phi) is 3.69. The lowest BCUT2D eigenvalue weighted by Gasteiger charge is -2.10.